The highest BCUT2D eigenvalue weighted by atomic mass is 32.3. The lowest BCUT2D eigenvalue weighted by atomic mass is 10.4. The predicted octanol–water partition coefficient (Wildman–Crippen LogP) is 3.74. The highest BCUT2D eigenvalue weighted by Crippen LogP contribution is 2.57. The first-order valence-corrected chi connectivity index (χ1v) is 8.72. The van der Waals surface area contributed by atoms with Crippen LogP contribution in [0.1, 0.15) is 0 Å². The molecule has 4 nitrogen and oxygen atoms in total. The lowest BCUT2D eigenvalue weighted by Gasteiger charge is -2.33. The summed E-state index contributed by atoms with van der Waals surface area (Å²) < 4.78 is 44.5. The minimum atomic E-state index is -4.00. The Hall–Kier alpha value is -1.60. The second-order valence-electron chi connectivity index (χ2n) is 4.05. The van der Waals surface area contributed by atoms with Crippen LogP contribution < -0.4 is 0 Å². The van der Waals surface area contributed by atoms with E-state index in [2.05, 4.69) is 6.58 Å². The summed E-state index contributed by atoms with van der Waals surface area (Å²) >= 11 is 0. The van der Waals surface area contributed by atoms with Crippen molar-refractivity contribution in [3.63, 3.8) is 0 Å². The fourth-order valence-corrected chi connectivity index (χ4v) is 5.00. The van der Waals surface area contributed by atoms with E-state index in [1.54, 1.807) is 36.4 Å². The Morgan fingerprint density at radius 1 is 0.800 bits per heavy atom. The SMILES string of the molecule is C=C(S(O)(O)c1ccccc1)S(=O)(=O)c1ccccc1. The van der Waals surface area contributed by atoms with Crippen molar-refractivity contribution in [1.29, 1.82) is 0 Å². The molecule has 0 heterocycles. The standard InChI is InChI=1S/C14H14O4S2/c1-12(19(15,16)13-8-4-2-5-9-13)20(17,18)14-10-6-3-7-11-14/h2-11,15-16H,1H2. The zero-order chi connectivity index (χ0) is 14.8. The van der Waals surface area contributed by atoms with Crippen LogP contribution in [0.2, 0.25) is 0 Å². The lowest BCUT2D eigenvalue weighted by Crippen LogP contribution is -2.11. The average Bonchev–Trinajstić information content (AvgIpc) is 2.48. The summed E-state index contributed by atoms with van der Waals surface area (Å²) in [6.07, 6.45) is 0. The second kappa shape index (κ2) is 5.41. The van der Waals surface area contributed by atoms with E-state index in [1.807, 2.05) is 0 Å². The number of hydrogen-bond acceptors (Lipinski definition) is 4. The Kier molecular flexibility index (Phi) is 4.01. The van der Waals surface area contributed by atoms with E-state index in [9.17, 15) is 17.5 Å². The molecule has 2 N–H and O–H groups in total. The molecular formula is C14H14O4S2. The third-order valence-corrected chi connectivity index (χ3v) is 7.15. The normalized spacial score (nSPS) is 12.9. The van der Waals surface area contributed by atoms with Crippen LogP contribution in [0.5, 0.6) is 0 Å². The minimum Gasteiger partial charge on any atom is -0.290 e. The largest absolute Gasteiger partial charge is 0.290 e. The average molecular weight is 310 g/mol. The summed E-state index contributed by atoms with van der Waals surface area (Å²) in [5.74, 6) is 0. The number of hydrogen-bond donors (Lipinski definition) is 2. The molecule has 2 aromatic carbocycles. The molecule has 0 atom stereocenters. The van der Waals surface area contributed by atoms with Crippen LogP contribution in [0.3, 0.4) is 0 Å². The molecule has 20 heavy (non-hydrogen) atoms. The molecule has 0 aromatic heterocycles. The number of rotatable bonds is 4. The molecule has 0 amide bonds. The Morgan fingerprint density at radius 2 is 1.20 bits per heavy atom. The van der Waals surface area contributed by atoms with E-state index in [-0.39, 0.29) is 9.79 Å². The zero-order valence-electron chi connectivity index (χ0n) is 10.5. The molecule has 0 aliphatic heterocycles. The van der Waals surface area contributed by atoms with Crippen LogP contribution in [0, 0.1) is 0 Å². The zero-order valence-corrected chi connectivity index (χ0v) is 12.1. The van der Waals surface area contributed by atoms with Crippen LogP contribution in [0.25, 0.3) is 0 Å². The molecule has 0 aliphatic carbocycles. The maximum absolute atomic E-state index is 12.4. The Bertz CT molecular complexity index is 707. The molecule has 0 fully saturated rings. The van der Waals surface area contributed by atoms with Gasteiger partial charge in [-0.3, -0.25) is 9.11 Å². The third-order valence-electron chi connectivity index (χ3n) is 2.74. The smallest absolute Gasteiger partial charge is 0.221 e. The molecule has 0 unspecified atom stereocenters. The van der Waals surface area contributed by atoms with Gasteiger partial charge in [0, 0.05) is 0 Å². The summed E-state index contributed by atoms with van der Waals surface area (Å²) in [6.45, 7) is 3.40. The van der Waals surface area contributed by atoms with E-state index in [4.69, 9.17) is 0 Å². The van der Waals surface area contributed by atoms with Crippen LogP contribution in [0.15, 0.2) is 81.3 Å². The van der Waals surface area contributed by atoms with Gasteiger partial charge in [0.2, 0.25) is 9.84 Å². The van der Waals surface area contributed by atoms with Gasteiger partial charge < -0.3 is 0 Å². The van der Waals surface area contributed by atoms with E-state index < -0.39 is 24.7 Å². The van der Waals surface area contributed by atoms with Crippen LogP contribution in [-0.2, 0) is 9.84 Å². The molecular weight excluding hydrogens is 296 g/mol. The molecule has 0 radical (unpaired) electrons. The van der Waals surface area contributed by atoms with Gasteiger partial charge >= 0.3 is 0 Å². The van der Waals surface area contributed by atoms with Gasteiger partial charge in [-0.1, -0.05) is 43.0 Å². The highest BCUT2D eigenvalue weighted by molar-refractivity contribution is 8.35. The van der Waals surface area contributed by atoms with Crippen molar-refractivity contribution in [1.82, 2.24) is 0 Å². The van der Waals surface area contributed by atoms with Crippen molar-refractivity contribution in [2.45, 2.75) is 9.79 Å². The Labute approximate surface area is 119 Å². The van der Waals surface area contributed by atoms with Crippen molar-refractivity contribution < 1.29 is 17.5 Å². The lowest BCUT2D eigenvalue weighted by molar-refractivity contribution is 0.497. The van der Waals surface area contributed by atoms with Gasteiger partial charge in [-0.15, -0.1) is 10.6 Å². The molecule has 0 saturated heterocycles. The summed E-state index contributed by atoms with van der Waals surface area (Å²) in [5, 5.41) is 0. The van der Waals surface area contributed by atoms with Crippen molar-refractivity contribution in [3.8, 4) is 0 Å². The maximum atomic E-state index is 12.4. The molecule has 2 aromatic rings. The van der Waals surface area contributed by atoms with Gasteiger partial charge in [0.25, 0.3) is 0 Å². The summed E-state index contributed by atoms with van der Waals surface area (Å²) in [4.78, 5) is 0.116. The van der Waals surface area contributed by atoms with E-state index in [1.165, 1.54) is 24.3 Å². The Morgan fingerprint density at radius 3 is 1.65 bits per heavy atom. The number of benzene rings is 2. The van der Waals surface area contributed by atoms with E-state index in [0.29, 0.717) is 0 Å². The first-order valence-electron chi connectivity index (χ1n) is 5.69. The van der Waals surface area contributed by atoms with E-state index >= 15 is 0 Å². The molecule has 0 spiro atoms. The molecule has 0 aliphatic rings. The topological polar surface area (TPSA) is 74.6 Å². The fraction of sp³-hybridized carbons (Fsp3) is 0. The van der Waals surface area contributed by atoms with Crippen molar-refractivity contribution in [2.24, 2.45) is 0 Å². The van der Waals surface area contributed by atoms with Gasteiger partial charge in [-0.05, 0) is 24.3 Å². The van der Waals surface area contributed by atoms with Gasteiger partial charge in [0.1, 0.15) is 0 Å². The predicted molar refractivity (Wildman–Crippen MR) is 80.3 cm³/mol. The molecule has 106 valence electrons. The first kappa shape index (κ1) is 14.8. The Balaban J connectivity index is 2.46. The van der Waals surface area contributed by atoms with Crippen molar-refractivity contribution >= 4 is 20.4 Å². The third kappa shape index (κ3) is 2.64. The van der Waals surface area contributed by atoms with Gasteiger partial charge in [-0.2, -0.15) is 0 Å². The van der Waals surface area contributed by atoms with Gasteiger partial charge in [0.05, 0.1) is 9.79 Å². The van der Waals surface area contributed by atoms with Crippen LogP contribution in [-0.4, -0.2) is 17.5 Å². The second-order valence-corrected chi connectivity index (χ2v) is 8.34. The monoisotopic (exact) mass is 310 g/mol. The minimum absolute atomic E-state index is 0.0130. The summed E-state index contributed by atoms with van der Waals surface area (Å²) in [7, 11) is -7.63. The molecule has 0 bridgehead atoms. The quantitative estimate of drug-likeness (QED) is 0.902. The van der Waals surface area contributed by atoms with Crippen LogP contribution >= 0.6 is 10.6 Å². The summed E-state index contributed by atoms with van der Waals surface area (Å²) in [5.41, 5.74) is 0. The van der Waals surface area contributed by atoms with Crippen LogP contribution in [0.4, 0.5) is 0 Å². The number of sulfone groups is 1. The van der Waals surface area contributed by atoms with E-state index in [0.717, 1.165) is 0 Å². The van der Waals surface area contributed by atoms with Gasteiger partial charge in [-0.25, -0.2) is 8.42 Å². The van der Waals surface area contributed by atoms with Gasteiger partial charge in [0.15, 0.2) is 4.24 Å². The van der Waals surface area contributed by atoms with Crippen molar-refractivity contribution in [2.75, 3.05) is 0 Å². The molecule has 6 heteroatoms. The highest BCUT2D eigenvalue weighted by Gasteiger charge is 2.31. The molecule has 2 rings (SSSR count). The fourth-order valence-electron chi connectivity index (χ4n) is 1.63. The first-order chi connectivity index (χ1) is 9.37. The summed E-state index contributed by atoms with van der Waals surface area (Å²) in [6, 6.07) is 15.4. The molecule has 0 saturated carbocycles. The maximum Gasteiger partial charge on any atom is 0.221 e. The van der Waals surface area contributed by atoms with Crippen molar-refractivity contribution in [3.05, 3.63) is 71.5 Å².